The highest BCUT2D eigenvalue weighted by Crippen LogP contribution is 2.39. The molecule has 60 heavy (non-hydrogen) atoms. The third kappa shape index (κ3) is 10.1. The molecule has 14 heteroatoms. The SMILES string of the molecule is CC(C)OC(=O)[C@H](CO)NCc1cc(Cl)c(Cn2ncc3c(-c4cccc(-c5ccc(CNC[C@@H]6CCC(=O)N6)cc5)c4Cl)cccc32)cc1OCc1cncc(C#N)c1. The Morgan fingerprint density at radius 1 is 0.983 bits per heavy atom. The van der Waals surface area contributed by atoms with Crippen LogP contribution in [0.5, 0.6) is 5.75 Å². The average Bonchev–Trinajstić information content (AvgIpc) is 3.86. The lowest BCUT2D eigenvalue weighted by molar-refractivity contribution is -0.151. The van der Waals surface area contributed by atoms with Crippen molar-refractivity contribution in [1.29, 1.82) is 5.26 Å². The normalized spacial score (nSPS) is 14.3. The molecule has 308 valence electrons. The first-order chi connectivity index (χ1) is 29.1. The molecule has 4 aromatic carbocycles. The number of amides is 1. The van der Waals surface area contributed by atoms with Gasteiger partial charge in [-0.15, -0.1) is 0 Å². The molecule has 7 rings (SSSR count). The molecular formula is C46H45Cl2N7O5. The number of nitrogens with zero attached hydrogens (tertiary/aromatic N) is 4. The van der Waals surface area contributed by atoms with E-state index in [0.29, 0.717) is 52.0 Å². The number of rotatable bonds is 17. The minimum atomic E-state index is -0.957. The molecule has 2 aromatic heterocycles. The number of fused-ring (bicyclic) bond motifs is 1. The molecular weight excluding hydrogens is 801 g/mol. The molecule has 0 spiro atoms. The fraction of sp³-hybridized carbons (Fsp3) is 0.283. The van der Waals surface area contributed by atoms with Crippen LogP contribution in [-0.2, 0) is 40.6 Å². The van der Waals surface area contributed by atoms with Crippen molar-refractivity contribution in [3.63, 3.8) is 0 Å². The van der Waals surface area contributed by atoms with Gasteiger partial charge in [0.05, 0.1) is 41.6 Å². The van der Waals surface area contributed by atoms with Gasteiger partial charge in [0.15, 0.2) is 0 Å². The van der Waals surface area contributed by atoms with Crippen LogP contribution < -0.4 is 20.7 Å². The van der Waals surface area contributed by atoms with Gasteiger partial charge < -0.3 is 25.2 Å². The van der Waals surface area contributed by atoms with Gasteiger partial charge in [-0.1, -0.05) is 77.8 Å². The highest BCUT2D eigenvalue weighted by atomic mass is 35.5. The van der Waals surface area contributed by atoms with Crippen molar-refractivity contribution in [2.24, 2.45) is 0 Å². The van der Waals surface area contributed by atoms with Gasteiger partial charge in [0, 0.05) is 77.2 Å². The largest absolute Gasteiger partial charge is 0.489 e. The molecule has 2 atom stereocenters. The number of benzene rings is 4. The van der Waals surface area contributed by atoms with Crippen LogP contribution in [0, 0.1) is 11.3 Å². The third-order valence-corrected chi connectivity index (χ3v) is 11.0. The first-order valence-corrected chi connectivity index (χ1v) is 20.5. The molecule has 6 aromatic rings. The van der Waals surface area contributed by atoms with Crippen molar-refractivity contribution in [2.75, 3.05) is 13.2 Å². The molecule has 12 nitrogen and oxygen atoms in total. The minimum absolute atomic E-state index is 0.117. The summed E-state index contributed by atoms with van der Waals surface area (Å²) < 4.78 is 13.5. The second-order valence-electron chi connectivity index (χ2n) is 15.0. The van der Waals surface area contributed by atoms with Crippen LogP contribution >= 0.6 is 23.2 Å². The molecule has 1 aliphatic rings. The number of nitrogens with one attached hydrogen (secondary N) is 3. The maximum Gasteiger partial charge on any atom is 0.325 e. The topological polar surface area (TPSA) is 163 Å². The predicted molar refractivity (Wildman–Crippen MR) is 231 cm³/mol. The number of nitriles is 1. The second kappa shape index (κ2) is 19.5. The average molecular weight is 847 g/mol. The summed E-state index contributed by atoms with van der Waals surface area (Å²) in [5.74, 6) is 0.0374. The van der Waals surface area contributed by atoms with Crippen LogP contribution in [-0.4, -0.2) is 63.1 Å². The van der Waals surface area contributed by atoms with Crippen LogP contribution in [0.1, 0.15) is 54.5 Å². The highest BCUT2D eigenvalue weighted by Gasteiger charge is 2.23. The maximum atomic E-state index is 12.6. The van der Waals surface area contributed by atoms with Gasteiger partial charge in [0.2, 0.25) is 5.91 Å². The van der Waals surface area contributed by atoms with E-state index < -0.39 is 18.6 Å². The zero-order valence-electron chi connectivity index (χ0n) is 33.3. The van der Waals surface area contributed by atoms with Crippen LogP contribution in [0.4, 0.5) is 0 Å². The second-order valence-corrected chi connectivity index (χ2v) is 15.8. The number of aliphatic hydroxyl groups excluding tert-OH is 1. The molecule has 1 aliphatic heterocycles. The molecule has 1 amide bonds. The van der Waals surface area contributed by atoms with Crippen molar-refractivity contribution in [1.82, 2.24) is 30.7 Å². The lowest BCUT2D eigenvalue weighted by Gasteiger charge is -2.19. The molecule has 0 bridgehead atoms. The molecule has 4 N–H and O–H groups in total. The number of ether oxygens (including phenoxy) is 2. The van der Waals surface area contributed by atoms with Crippen LogP contribution in [0.25, 0.3) is 33.2 Å². The zero-order valence-corrected chi connectivity index (χ0v) is 34.8. The van der Waals surface area contributed by atoms with Crippen molar-refractivity contribution >= 4 is 46.0 Å². The Hall–Kier alpha value is -5.81. The summed E-state index contributed by atoms with van der Waals surface area (Å²) in [6, 6.07) is 27.0. The van der Waals surface area contributed by atoms with Crippen molar-refractivity contribution < 1.29 is 24.2 Å². The Morgan fingerprint density at radius 2 is 1.77 bits per heavy atom. The fourth-order valence-electron chi connectivity index (χ4n) is 7.20. The van der Waals surface area contributed by atoms with E-state index in [4.69, 9.17) is 37.8 Å². The van der Waals surface area contributed by atoms with Gasteiger partial charge in [-0.25, -0.2) is 0 Å². The van der Waals surface area contributed by atoms with E-state index in [2.05, 4.69) is 51.3 Å². The van der Waals surface area contributed by atoms with E-state index in [0.717, 1.165) is 57.2 Å². The Labute approximate surface area is 358 Å². The standard InChI is InChI=1S/C46H45Cl2N7O5/c1-28(2)60-46(58)41(26-56)52-22-33-16-40(47)34(17-43(33)59-27-31-15-30(18-49)20-50-21-31)25-55-42-8-4-6-37(39(42)24-53-55)38-7-3-5-36(45(38)48)32-11-9-29(10-12-32)19-51-23-35-13-14-44(57)54-35/h3-12,15-17,20-21,24,28,35,41,51-52,56H,13-14,19,22-23,25-27H2,1-2H3,(H,54,57)/t35-,41-/m0/s1. The van der Waals surface area contributed by atoms with Crippen molar-refractivity contribution in [3.05, 3.63) is 135 Å². The maximum absolute atomic E-state index is 12.6. The van der Waals surface area contributed by atoms with Crippen molar-refractivity contribution in [2.45, 2.75) is 71.1 Å². The first-order valence-electron chi connectivity index (χ1n) is 19.8. The Balaban J connectivity index is 1.12. The molecule has 3 heterocycles. The number of aromatic nitrogens is 3. The lowest BCUT2D eigenvalue weighted by Crippen LogP contribution is -2.41. The number of hydrogen-bond acceptors (Lipinski definition) is 10. The van der Waals surface area contributed by atoms with E-state index in [9.17, 15) is 20.0 Å². The summed E-state index contributed by atoms with van der Waals surface area (Å²) in [6.45, 7) is 5.03. The van der Waals surface area contributed by atoms with E-state index in [-0.39, 0.29) is 31.2 Å². The van der Waals surface area contributed by atoms with Gasteiger partial charge in [0.25, 0.3) is 0 Å². The van der Waals surface area contributed by atoms with Gasteiger partial charge in [-0.05, 0) is 66.8 Å². The number of halogens is 2. The quantitative estimate of drug-likeness (QED) is 0.0684. The van der Waals surface area contributed by atoms with Crippen LogP contribution in [0.15, 0.2) is 97.5 Å². The summed E-state index contributed by atoms with van der Waals surface area (Å²) in [5, 5.41) is 35.6. The molecule has 0 radical (unpaired) electrons. The van der Waals surface area contributed by atoms with Gasteiger partial charge in [-0.3, -0.25) is 24.6 Å². The van der Waals surface area contributed by atoms with E-state index in [1.807, 2.05) is 53.3 Å². The van der Waals surface area contributed by atoms with Crippen LogP contribution in [0.2, 0.25) is 10.0 Å². The Bertz CT molecular complexity index is 2540. The molecule has 0 aliphatic carbocycles. The predicted octanol–water partition coefficient (Wildman–Crippen LogP) is 7.34. The monoisotopic (exact) mass is 845 g/mol. The summed E-state index contributed by atoms with van der Waals surface area (Å²) >= 11 is 14.1. The smallest absolute Gasteiger partial charge is 0.325 e. The molecule has 1 saturated heterocycles. The van der Waals surface area contributed by atoms with Gasteiger partial charge in [0.1, 0.15) is 24.5 Å². The summed E-state index contributed by atoms with van der Waals surface area (Å²) in [5.41, 5.74) is 8.23. The lowest BCUT2D eigenvalue weighted by atomic mass is 9.96. The summed E-state index contributed by atoms with van der Waals surface area (Å²) in [4.78, 5) is 28.3. The van der Waals surface area contributed by atoms with Crippen molar-refractivity contribution in [3.8, 4) is 34.1 Å². The Kier molecular flexibility index (Phi) is 13.8. The number of esters is 1. The summed E-state index contributed by atoms with van der Waals surface area (Å²) in [6.07, 6.45) is 6.06. The number of aliphatic hydroxyl groups is 1. The van der Waals surface area contributed by atoms with Crippen LogP contribution in [0.3, 0.4) is 0 Å². The Morgan fingerprint density at radius 3 is 2.52 bits per heavy atom. The summed E-state index contributed by atoms with van der Waals surface area (Å²) in [7, 11) is 0. The van der Waals surface area contributed by atoms with E-state index in [1.54, 1.807) is 32.2 Å². The van der Waals surface area contributed by atoms with Gasteiger partial charge >= 0.3 is 5.97 Å². The number of carbonyl (C=O) groups is 2. The highest BCUT2D eigenvalue weighted by molar-refractivity contribution is 6.36. The third-order valence-electron chi connectivity index (χ3n) is 10.3. The van der Waals surface area contributed by atoms with E-state index in [1.165, 1.54) is 6.20 Å². The van der Waals surface area contributed by atoms with E-state index >= 15 is 0 Å². The number of hydrogen-bond donors (Lipinski definition) is 4. The fourth-order valence-corrected chi connectivity index (χ4v) is 7.78. The minimum Gasteiger partial charge on any atom is -0.489 e. The molecule has 0 unspecified atom stereocenters. The molecule has 1 fully saturated rings. The van der Waals surface area contributed by atoms with Gasteiger partial charge in [-0.2, -0.15) is 10.4 Å². The first kappa shape index (κ1) is 42.3. The zero-order chi connectivity index (χ0) is 42.2. The molecule has 0 saturated carbocycles. The number of pyridine rings is 1. The number of carbonyl (C=O) groups excluding carboxylic acids is 2.